The summed E-state index contributed by atoms with van der Waals surface area (Å²) in [6, 6.07) is 7.80. The van der Waals surface area contributed by atoms with E-state index in [2.05, 4.69) is 0 Å². The molecule has 0 aliphatic carbocycles. The molecule has 0 amide bonds. The minimum Gasteiger partial charge on any atom is -0.490 e. The van der Waals surface area contributed by atoms with Crippen LogP contribution >= 0.6 is 0 Å². The average molecular weight is 334 g/mol. The van der Waals surface area contributed by atoms with Crippen LogP contribution in [0.15, 0.2) is 36.4 Å². The number of nitro benzene ring substituents is 2. The van der Waals surface area contributed by atoms with Crippen LogP contribution in [0.25, 0.3) is 0 Å². The molecule has 2 aromatic rings. The van der Waals surface area contributed by atoms with Crippen molar-refractivity contribution in [1.82, 2.24) is 0 Å². The van der Waals surface area contributed by atoms with Crippen molar-refractivity contribution in [1.29, 1.82) is 0 Å². The van der Waals surface area contributed by atoms with Gasteiger partial charge in [0.2, 0.25) is 0 Å². The number of hydrogen-bond donors (Lipinski definition) is 2. The van der Waals surface area contributed by atoms with Crippen molar-refractivity contribution in [2.24, 2.45) is 0 Å². The van der Waals surface area contributed by atoms with Crippen LogP contribution in [-0.2, 0) is 0 Å². The molecule has 10 nitrogen and oxygen atoms in total. The molecule has 0 aromatic heterocycles. The van der Waals surface area contributed by atoms with Gasteiger partial charge in [0.1, 0.15) is 24.7 Å². The van der Waals surface area contributed by atoms with Gasteiger partial charge in [0.15, 0.2) is 0 Å². The summed E-state index contributed by atoms with van der Waals surface area (Å²) in [6.07, 6.45) is 0. The molecule has 0 aliphatic heterocycles. The lowest BCUT2D eigenvalue weighted by atomic mass is 10.2. The van der Waals surface area contributed by atoms with Crippen LogP contribution in [0, 0.1) is 20.2 Å². The van der Waals surface area contributed by atoms with Gasteiger partial charge in [0, 0.05) is 35.6 Å². The number of nitro groups is 2. The Morgan fingerprint density at radius 3 is 1.46 bits per heavy atom. The van der Waals surface area contributed by atoms with Crippen molar-refractivity contribution in [3.8, 4) is 11.5 Å². The number of benzene rings is 2. The molecule has 126 valence electrons. The number of ether oxygens (including phenoxy) is 2. The second-order valence-electron chi connectivity index (χ2n) is 4.73. The molecule has 0 spiro atoms. The zero-order chi connectivity index (χ0) is 17.7. The van der Waals surface area contributed by atoms with E-state index >= 15 is 0 Å². The van der Waals surface area contributed by atoms with Crippen LogP contribution in [0.5, 0.6) is 11.5 Å². The molecule has 0 unspecified atom stereocenters. The van der Waals surface area contributed by atoms with Gasteiger partial charge in [-0.2, -0.15) is 0 Å². The number of nitrogens with two attached hydrogens (primary N) is 2. The zero-order valence-corrected chi connectivity index (χ0v) is 12.4. The maximum Gasteiger partial charge on any atom is 0.275 e. The predicted octanol–water partition coefficient (Wildman–Crippen LogP) is 2.13. The summed E-state index contributed by atoms with van der Waals surface area (Å²) < 4.78 is 10.7. The molecule has 0 radical (unpaired) electrons. The number of rotatable bonds is 7. The Morgan fingerprint density at radius 1 is 0.750 bits per heavy atom. The molecular weight excluding hydrogens is 320 g/mol. The molecular formula is C14H14N4O6. The smallest absolute Gasteiger partial charge is 0.275 e. The van der Waals surface area contributed by atoms with Gasteiger partial charge in [-0.1, -0.05) is 0 Å². The van der Waals surface area contributed by atoms with E-state index in [0.29, 0.717) is 0 Å². The fourth-order valence-corrected chi connectivity index (χ4v) is 1.91. The van der Waals surface area contributed by atoms with Gasteiger partial charge in [-0.3, -0.25) is 20.2 Å². The first-order valence-corrected chi connectivity index (χ1v) is 6.70. The highest BCUT2D eigenvalue weighted by Crippen LogP contribution is 2.25. The van der Waals surface area contributed by atoms with E-state index in [-0.39, 0.29) is 47.5 Å². The summed E-state index contributed by atoms with van der Waals surface area (Å²) in [6.45, 7) is 0.117. The van der Waals surface area contributed by atoms with Gasteiger partial charge < -0.3 is 20.9 Å². The van der Waals surface area contributed by atoms with Crippen molar-refractivity contribution < 1.29 is 19.3 Å². The molecule has 0 saturated heterocycles. The van der Waals surface area contributed by atoms with Gasteiger partial charge in [0.05, 0.1) is 22.0 Å². The van der Waals surface area contributed by atoms with E-state index in [1.165, 1.54) is 36.4 Å². The second-order valence-corrected chi connectivity index (χ2v) is 4.73. The van der Waals surface area contributed by atoms with E-state index < -0.39 is 9.85 Å². The highest BCUT2D eigenvalue weighted by molar-refractivity contribution is 5.54. The standard InChI is InChI=1S/C14H14N4O6/c15-9-3-11(17(19)20)7-13(5-9)23-1-2-24-14-6-10(16)4-12(8-14)18(21)22/h3-8H,1-2,15-16H2. The first-order chi connectivity index (χ1) is 11.3. The largest absolute Gasteiger partial charge is 0.490 e. The average Bonchev–Trinajstić information content (AvgIpc) is 2.50. The minimum absolute atomic E-state index is 0.0587. The Balaban J connectivity index is 1.94. The monoisotopic (exact) mass is 334 g/mol. The molecule has 0 heterocycles. The first-order valence-electron chi connectivity index (χ1n) is 6.70. The van der Waals surface area contributed by atoms with E-state index in [0.717, 1.165) is 0 Å². The first kappa shape index (κ1) is 16.8. The Bertz CT molecular complexity index is 714. The van der Waals surface area contributed by atoms with Crippen molar-refractivity contribution in [2.75, 3.05) is 24.7 Å². The number of non-ortho nitro benzene ring substituents is 2. The third-order valence-corrected chi connectivity index (χ3v) is 2.87. The van der Waals surface area contributed by atoms with Crippen LogP contribution in [0.2, 0.25) is 0 Å². The van der Waals surface area contributed by atoms with Crippen molar-refractivity contribution >= 4 is 22.7 Å². The van der Waals surface area contributed by atoms with Gasteiger partial charge in [-0.25, -0.2) is 0 Å². The summed E-state index contributed by atoms with van der Waals surface area (Å²) in [7, 11) is 0. The topological polar surface area (TPSA) is 157 Å². The second kappa shape index (κ2) is 7.13. The van der Waals surface area contributed by atoms with Crippen LogP contribution in [0.3, 0.4) is 0 Å². The normalized spacial score (nSPS) is 10.2. The molecule has 10 heteroatoms. The highest BCUT2D eigenvalue weighted by Gasteiger charge is 2.11. The summed E-state index contributed by atoms with van der Waals surface area (Å²) >= 11 is 0. The Kier molecular flexibility index (Phi) is 5.00. The summed E-state index contributed by atoms with van der Waals surface area (Å²) in [5, 5.41) is 21.5. The molecule has 2 rings (SSSR count). The van der Waals surface area contributed by atoms with Gasteiger partial charge >= 0.3 is 0 Å². The summed E-state index contributed by atoms with van der Waals surface area (Å²) in [5.41, 5.74) is 11.2. The fraction of sp³-hybridized carbons (Fsp3) is 0.143. The molecule has 0 saturated carbocycles. The number of hydrogen-bond acceptors (Lipinski definition) is 8. The third-order valence-electron chi connectivity index (χ3n) is 2.87. The molecule has 0 fully saturated rings. The third kappa shape index (κ3) is 4.47. The van der Waals surface area contributed by atoms with Crippen LogP contribution in [0.1, 0.15) is 0 Å². The molecule has 0 aliphatic rings. The lowest BCUT2D eigenvalue weighted by Gasteiger charge is -2.09. The van der Waals surface area contributed by atoms with E-state index in [4.69, 9.17) is 20.9 Å². The molecule has 0 atom stereocenters. The Hall–Kier alpha value is -3.56. The quantitative estimate of drug-likeness (QED) is 0.337. The molecule has 0 bridgehead atoms. The van der Waals surface area contributed by atoms with Crippen LogP contribution in [0.4, 0.5) is 22.7 Å². The molecule has 2 aromatic carbocycles. The lowest BCUT2D eigenvalue weighted by Crippen LogP contribution is -2.09. The van der Waals surface area contributed by atoms with Gasteiger partial charge in [-0.05, 0) is 0 Å². The minimum atomic E-state index is -0.578. The van der Waals surface area contributed by atoms with Crippen molar-refractivity contribution in [3.63, 3.8) is 0 Å². The Morgan fingerprint density at radius 2 is 1.12 bits per heavy atom. The molecule has 24 heavy (non-hydrogen) atoms. The Labute approximate surface area is 135 Å². The number of anilines is 2. The van der Waals surface area contributed by atoms with Crippen LogP contribution < -0.4 is 20.9 Å². The zero-order valence-electron chi connectivity index (χ0n) is 12.4. The van der Waals surface area contributed by atoms with Crippen LogP contribution in [-0.4, -0.2) is 23.1 Å². The van der Waals surface area contributed by atoms with Crippen molar-refractivity contribution in [3.05, 3.63) is 56.6 Å². The van der Waals surface area contributed by atoms with Gasteiger partial charge in [-0.15, -0.1) is 0 Å². The number of nitrogens with zero attached hydrogens (tertiary/aromatic N) is 2. The van der Waals surface area contributed by atoms with Crippen molar-refractivity contribution in [2.45, 2.75) is 0 Å². The van der Waals surface area contributed by atoms with Gasteiger partial charge in [0.25, 0.3) is 11.4 Å². The SMILES string of the molecule is Nc1cc(OCCOc2cc(N)cc([N+](=O)[O-])c2)cc([N+](=O)[O-])c1. The molecule has 4 N–H and O–H groups in total. The maximum absolute atomic E-state index is 10.7. The predicted molar refractivity (Wildman–Crippen MR) is 86.0 cm³/mol. The summed E-state index contributed by atoms with van der Waals surface area (Å²) in [4.78, 5) is 20.3. The number of nitrogen functional groups attached to an aromatic ring is 2. The van der Waals surface area contributed by atoms with E-state index in [1.807, 2.05) is 0 Å². The fourth-order valence-electron chi connectivity index (χ4n) is 1.91. The highest BCUT2D eigenvalue weighted by atomic mass is 16.6. The van der Waals surface area contributed by atoms with E-state index in [1.54, 1.807) is 0 Å². The van der Waals surface area contributed by atoms with E-state index in [9.17, 15) is 20.2 Å². The lowest BCUT2D eigenvalue weighted by molar-refractivity contribution is -0.385. The summed E-state index contributed by atoms with van der Waals surface area (Å²) in [5.74, 6) is 0.452. The maximum atomic E-state index is 10.7.